The summed E-state index contributed by atoms with van der Waals surface area (Å²) in [5.74, 6) is 0.139. The minimum atomic E-state index is -0.0294. The van der Waals surface area contributed by atoms with Crippen molar-refractivity contribution in [2.45, 2.75) is 26.2 Å². The van der Waals surface area contributed by atoms with Crippen molar-refractivity contribution in [3.63, 3.8) is 0 Å². The first-order valence-electron chi connectivity index (χ1n) is 3.78. The van der Waals surface area contributed by atoms with E-state index in [2.05, 4.69) is 0 Å². The van der Waals surface area contributed by atoms with Gasteiger partial charge >= 0.3 is 26.2 Å². The number of para-hydroxylation sites is 1. The minimum Gasteiger partial charge on any atom is -1.00 e. The van der Waals surface area contributed by atoms with E-state index in [4.69, 9.17) is 0 Å². The Morgan fingerprint density at radius 3 is 1.85 bits per heavy atom. The summed E-state index contributed by atoms with van der Waals surface area (Å²) in [7, 11) is 0. The molecule has 1 aromatic carbocycles. The zero-order valence-corrected chi connectivity index (χ0v) is 11.3. The largest absolute Gasteiger partial charge is 2.00 e. The maximum absolute atomic E-state index is 11.3. The fraction of sp³-hybridized carbons (Fsp3) is 0.400. The van der Waals surface area contributed by atoms with Gasteiger partial charge in [0.15, 0.2) is 0 Å². The van der Waals surface area contributed by atoms with Crippen LogP contribution in [0.3, 0.4) is 0 Å². The molecule has 0 N–H and O–H groups in total. The van der Waals surface area contributed by atoms with Crippen LogP contribution >= 0.6 is 0 Å². The van der Waals surface area contributed by atoms with E-state index in [9.17, 15) is 5.11 Å². The molecule has 0 saturated heterocycles. The summed E-state index contributed by atoms with van der Waals surface area (Å²) in [6, 6.07) is 7.18. The number of hydrogen-bond acceptors (Lipinski definition) is 1. The van der Waals surface area contributed by atoms with Gasteiger partial charge in [0.05, 0.1) is 0 Å². The third kappa shape index (κ3) is 4.29. The molecule has 0 aliphatic heterocycles. The van der Waals surface area contributed by atoms with Gasteiger partial charge in [-0.15, -0.1) is 5.75 Å². The van der Waals surface area contributed by atoms with E-state index in [1.165, 1.54) is 0 Å². The Balaban J connectivity index is 0. The van der Waals surface area contributed by atoms with Crippen molar-refractivity contribution in [2.24, 2.45) is 0 Å². The molecule has 0 radical (unpaired) electrons. The van der Waals surface area contributed by atoms with Crippen LogP contribution in [0.2, 0.25) is 0 Å². The van der Waals surface area contributed by atoms with Crippen LogP contribution in [0.1, 0.15) is 26.3 Å². The van der Waals surface area contributed by atoms with E-state index in [0.29, 0.717) is 0 Å². The van der Waals surface area contributed by atoms with Gasteiger partial charge in [-0.05, 0) is 5.41 Å². The Kier molecular flexibility index (Phi) is 7.02. The normalized spacial score (nSPS) is 9.77. The molecule has 0 amide bonds. The van der Waals surface area contributed by atoms with Crippen molar-refractivity contribution in [2.75, 3.05) is 0 Å². The van der Waals surface area contributed by atoms with Gasteiger partial charge in [-0.1, -0.05) is 50.6 Å². The fourth-order valence-electron chi connectivity index (χ4n) is 1.09. The molecule has 0 heterocycles. The van der Waals surface area contributed by atoms with Crippen molar-refractivity contribution in [1.29, 1.82) is 0 Å². The summed E-state index contributed by atoms with van der Waals surface area (Å²) in [6.45, 7) is 6.14. The Morgan fingerprint density at radius 1 is 1.08 bits per heavy atom. The summed E-state index contributed by atoms with van der Waals surface area (Å²) < 4.78 is 0. The number of halogens is 1. The Morgan fingerprint density at radius 2 is 1.54 bits per heavy atom. The van der Waals surface area contributed by atoms with E-state index in [0.717, 1.165) is 5.56 Å². The summed E-state index contributed by atoms with van der Waals surface area (Å²) in [6.07, 6.45) is 0. The van der Waals surface area contributed by atoms with Gasteiger partial charge in [0, 0.05) is 0 Å². The second-order valence-corrected chi connectivity index (χ2v) is 3.75. The van der Waals surface area contributed by atoms with E-state index in [1.807, 2.05) is 32.9 Å². The molecule has 1 rings (SSSR count). The number of benzene rings is 1. The zero-order valence-electron chi connectivity index (χ0n) is 8.10. The van der Waals surface area contributed by atoms with Crippen LogP contribution in [0.25, 0.3) is 0 Å². The van der Waals surface area contributed by atoms with Crippen molar-refractivity contribution < 1.29 is 43.7 Å². The molecule has 1 nitrogen and oxygen atoms in total. The van der Waals surface area contributed by atoms with Crippen LogP contribution in [-0.2, 0) is 31.6 Å². The fourth-order valence-corrected chi connectivity index (χ4v) is 1.09. The third-order valence-electron chi connectivity index (χ3n) is 1.70. The van der Waals surface area contributed by atoms with Gasteiger partial charge in [0.2, 0.25) is 0 Å². The zero-order chi connectivity index (χ0) is 8.48. The van der Waals surface area contributed by atoms with Crippen LogP contribution < -0.4 is 17.5 Å². The van der Waals surface area contributed by atoms with Crippen LogP contribution in [0.5, 0.6) is 5.75 Å². The van der Waals surface area contributed by atoms with Crippen molar-refractivity contribution in [3.05, 3.63) is 29.8 Å². The van der Waals surface area contributed by atoms with Gasteiger partial charge in [-0.3, -0.25) is 0 Å². The molecule has 0 aliphatic rings. The van der Waals surface area contributed by atoms with Crippen LogP contribution in [0.15, 0.2) is 24.3 Å². The molecular weight excluding hydrogens is 263 g/mol. The van der Waals surface area contributed by atoms with Gasteiger partial charge in [-0.25, -0.2) is 0 Å². The molecule has 0 unspecified atom stereocenters. The Hall–Kier alpha value is 0.193. The molecule has 3 heteroatoms. The smallest absolute Gasteiger partial charge is 1.00 e. The van der Waals surface area contributed by atoms with E-state index in [-0.39, 0.29) is 49.8 Å². The monoisotopic (exact) mass is 274 g/mol. The van der Waals surface area contributed by atoms with Gasteiger partial charge in [0.25, 0.3) is 0 Å². The van der Waals surface area contributed by atoms with Crippen molar-refractivity contribution >= 4 is 0 Å². The van der Waals surface area contributed by atoms with E-state index < -0.39 is 0 Å². The maximum atomic E-state index is 11.3. The van der Waals surface area contributed by atoms with Gasteiger partial charge in [-0.2, -0.15) is 0 Å². The maximum Gasteiger partial charge on any atom is 2.00 e. The quantitative estimate of drug-likeness (QED) is 0.599. The van der Waals surface area contributed by atoms with Crippen LogP contribution in [0, 0.1) is 0 Å². The van der Waals surface area contributed by atoms with Crippen molar-refractivity contribution in [1.82, 2.24) is 0 Å². The Labute approximate surface area is 105 Å². The summed E-state index contributed by atoms with van der Waals surface area (Å²) in [4.78, 5) is 0. The molecule has 1 aromatic rings. The molecule has 13 heavy (non-hydrogen) atoms. The van der Waals surface area contributed by atoms with Gasteiger partial charge < -0.3 is 17.5 Å². The standard InChI is InChI=1S/C10H14O.ClH.Zr/c1-10(2,3)8-6-4-5-7-9(8)11;;/h4-7,11H,1-3H3;1H;/q;;+2/p-2. The molecule has 0 aliphatic carbocycles. The Bertz CT molecular complexity index is 255. The van der Waals surface area contributed by atoms with Crippen molar-refractivity contribution in [3.8, 4) is 5.75 Å². The molecule has 0 fully saturated rings. The number of rotatable bonds is 0. The first-order valence-corrected chi connectivity index (χ1v) is 3.78. The molecule has 0 saturated carbocycles. The first-order chi connectivity index (χ1) is 5.02. The van der Waals surface area contributed by atoms with Crippen LogP contribution in [-0.4, -0.2) is 0 Å². The molecular formula is C10H13ClOZr. The molecule has 0 aromatic heterocycles. The summed E-state index contributed by atoms with van der Waals surface area (Å²) >= 11 is 0. The average molecular weight is 276 g/mol. The topological polar surface area (TPSA) is 23.1 Å². The third-order valence-corrected chi connectivity index (χ3v) is 1.70. The summed E-state index contributed by atoms with van der Waals surface area (Å²) in [5, 5.41) is 11.3. The second-order valence-electron chi connectivity index (χ2n) is 3.75. The van der Waals surface area contributed by atoms with Gasteiger partial charge in [0.1, 0.15) is 0 Å². The first kappa shape index (κ1) is 15.7. The molecule has 0 bridgehead atoms. The SMILES string of the molecule is CC(C)(C)c1ccccc1[O-].[Cl-].[Zr+2]. The average Bonchev–Trinajstić information content (AvgIpc) is 1.86. The summed E-state index contributed by atoms with van der Waals surface area (Å²) in [5.41, 5.74) is 0.859. The van der Waals surface area contributed by atoms with E-state index in [1.54, 1.807) is 12.1 Å². The minimum absolute atomic E-state index is 0. The van der Waals surface area contributed by atoms with Crippen LogP contribution in [0.4, 0.5) is 0 Å². The molecule has 0 atom stereocenters. The predicted molar refractivity (Wildman–Crippen MR) is 44.6 cm³/mol. The molecule has 0 spiro atoms. The molecule has 70 valence electrons. The second kappa shape index (κ2) is 5.83. The van der Waals surface area contributed by atoms with E-state index >= 15 is 0 Å². The number of hydrogen-bond donors (Lipinski definition) is 0. The predicted octanol–water partition coefficient (Wildman–Crippen LogP) is -0.941.